The zero-order valence-electron chi connectivity index (χ0n) is 17.3. The Balaban J connectivity index is 1.95. The van der Waals surface area contributed by atoms with E-state index >= 15 is 0 Å². The molecule has 0 aliphatic heterocycles. The molecule has 7 nitrogen and oxygen atoms in total. The number of halogens is 3. The molecule has 3 rings (SSSR count). The number of fused-ring (bicyclic) bond motifs is 1. The normalized spacial score (nSPS) is 13.9. The molecule has 0 unspecified atom stereocenters. The molecule has 0 saturated heterocycles. The predicted molar refractivity (Wildman–Crippen MR) is 107 cm³/mol. The molecule has 31 heavy (non-hydrogen) atoms. The van der Waals surface area contributed by atoms with Crippen LogP contribution in [0, 0.1) is 5.92 Å². The van der Waals surface area contributed by atoms with Crippen molar-refractivity contribution in [1.29, 1.82) is 0 Å². The molecule has 1 atom stereocenters. The van der Waals surface area contributed by atoms with Crippen LogP contribution < -0.4 is 10.5 Å². The molecular weight excluding hydrogens is 413 g/mol. The molecule has 0 aliphatic carbocycles. The first-order valence-corrected chi connectivity index (χ1v) is 9.60. The van der Waals surface area contributed by atoms with Crippen LogP contribution in [0.1, 0.15) is 32.8 Å². The maximum atomic E-state index is 13.8. The van der Waals surface area contributed by atoms with Gasteiger partial charge in [0, 0.05) is 18.0 Å². The fourth-order valence-electron chi connectivity index (χ4n) is 3.54. The SMILES string of the molecule is CC(C)C[C@@](C)(COc1ccc(-c2cnn3cccnc23)cc1C(F)(F)F)OC(N)=O. The van der Waals surface area contributed by atoms with Crippen LogP contribution in [0.2, 0.25) is 0 Å². The number of nitrogens with zero attached hydrogens (tertiary/aromatic N) is 3. The van der Waals surface area contributed by atoms with Gasteiger partial charge in [0.15, 0.2) is 5.65 Å². The van der Waals surface area contributed by atoms with E-state index in [0.29, 0.717) is 23.2 Å². The Kier molecular flexibility index (Phi) is 6.10. The van der Waals surface area contributed by atoms with Crippen LogP contribution in [-0.2, 0) is 10.9 Å². The lowest BCUT2D eigenvalue weighted by molar-refractivity contribution is -0.139. The molecule has 166 valence electrons. The smallest absolute Gasteiger partial charge is 0.419 e. The van der Waals surface area contributed by atoms with Gasteiger partial charge in [-0.2, -0.15) is 18.3 Å². The maximum Gasteiger partial charge on any atom is 0.419 e. The molecule has 0 spiro atoms. The predicted octanol–water partition coefficient (Wildman–Crippen LogP) is 4.69. The van der Waals surface area contributed by atoms with E-state index in [2.05, 4.69) is 10.1 Å². The van der Waals surface area contributed by atoms with Crippen LogP contribution >= 0.6 is 0 Å². The molecule has 1 amide bonds. The molecular formula is C21H23F3N4O3. The van der Waals surface area contributed by atoms with E-state index in [1.54, 1.807) is 19.2 Å². The maximum absolute atomic E-state index is 13.8. The number of rotatable bonds is 7. The Morgan fingerprint density at radius 2 is 2.03 bits per heavy atom. The summed E-state index contributed by atoms with van der Waals surface area (Å²) in [6.07, 6.45) is -0.666. The fourth-order valence-corrected chi connectivity index (χ4v) is 3.54. The fraction of sp³-hybridized carbons (Fsp3) is 0.381. The lowest BCUT2D eigenvalue weighted by Gasteiger charge is -2.30. The molecule has 0 radical (unpaired) electrons. The zero-order valence-corrected chi connectivity index (χ0v) is 17.3. The van der Waals surface area contributed by atoms with E-state index < -0.39 is 23.4 Å². The van der Waals surface area contributed by atoms with Crippen LogP contribution in [0.25, 0.3) is 16.8 Å². The highest BCUT2D eigenvalue weighted by atomic mass is 19.4. The monoisotopic (exact) mass is 436 g/mol. The topological polar surface area (TPSA) is 91.7 Å². The van der Waals surface area contributed by atoms with Gasteiger partial charge < -0.3 is 15.2 Å². The van der Waals surface area contributed by atoms with Crippen molar-refractivity contribution >= 4 is 11.7 Å². The summed E-state index contributed by atoms with van der Waals surface area (Å²) in [6.45, 7) is 5.07. The summed E-state index contributed by atoms with van der Waals surface area (Å²) < 4.78 is 53.5. The number of nitrogens with two attached hydrogens (primary N) is 1. The summed E-state index contributed by atoms with van der Waals surface area (Å²) in [4.78, 5) is 15.5. The van der Waals surface area contributed by atoms with Gasteiger partial charge in [-0.25, -0.2) is 14.3 Å². The van der Waals surface area contributed by atoms with E-state index in [1.807, 2.05) is 13.8 Å². The highest BCUT2D eigenvalue weighted by Gasteiger charge is 2.37. The summed E-state index contributed by atoms with van der Waals surface area (Å²) in [5.41, 5.74) is 4.20. The largest absolute Gasteiger partial charge is 0.489 e. The first kappa shape index (κ1) is 22.4. The van der Waals surface area contributed by atoms with Crippen molar-refractivity contribution in [2.75, 3.05) is 6.61 Å². The van der Waals surface area contributed by atoms with Gasteiger partial charge in [0.2, 0.25) is 0 Å². The number of ether oxygens (including phenoxy) is 2. The van der Waals surface area contributed by atoms with Crippen molar-refractivity contribution in [1.82, 2.24) is 14.6 Å². The third-order valence-corrected chi connectivity index (χ3v) is 4.60. The summed E-state index contributed by atoms with van der Waals surface area (Å²) in [5.74, 6) is -0.274. The summed E-state index contributed by atoms with van der Waals surface area (Å²) in [5, 5.41) is 4.11. The summed E-state index contributed by atoms with van der Waals surface area (Å²) in [7, 11) is 0. The van der Waals surface area contributed by atoms with Crippen molar-refractivity contribution < 1.29 is 27.4 Å². The van der Waals surface area contributed by atoms with Crippen LogP contribution in [0.15, 0.2) is 42.9 Å². The second-order valence-electron chi connectivity index (χ2n) is 7.91. The first-order chi connectivity index (χ1) is 14.5. The zero-order chi connectivity index (χ0) is 22.8. The molecule has 2 aromatic heterocycles. The minimum atomic E-state index is -4.67. The van der Waals surface area contributed by atoms with Crippen LogP contribution in [0.3, 0.4) is 0 Å². The molecule has 2 N–H and O–H groups in total. The minimum Gasteiger partial charge on any atom is -0.489 e. The molecule has 0 fully saturated rings. The van der Waals surface area contributed by atoms with Crippen LogP contribution in [0.4, 0.5) is 18.0 Å². The second-order valence-corrected chi connectivity index (χ2v) is 7.91. The number of primary amides is 1. The molecule has 3 aromatic rings. The number of aromatic nitrogens is 3. The number of alkyl halides is 3. The van der Waals surface area contributed by atoms with E-state index in [9.17, 15) is 18.0 Å². The molecule has 1 aromatic carbocycles. The van der Waals surface area contributed by atoms with Gasteiger partial charge in [-0.1, -0.05) is 19.9 Å². The molecule has 0 aliphatic rings. The molecule has 10 heteroatoms. The van der Waals surface area contributed by atoms with Gasteiger partial charge in [0.05, 0.1) is 11.8 Å². The van der Waals surface area contributed by atoms with Crippen molar-refractivity contribution in [2.45, 2.75) is 39.0 Å². The number of hydrogen-bond donors (Lipinski definition) is 1. The lowest BCUT2D eigenvalue weighted by atomic mass is 9.95. The number of hydrogen-bond acceptors (Lipinski definition) is 5. The molecule has 0 saturated carbocycles. The Morgan fingerprint density at radius 3 is 2.68 bits per heavy atom. The Morgan fingerprint density at radius 1 is 1.29 bits per heavy atom. The van der Waals surface area contributed by atoms with Crippen molar-refractivity contribution in [3.63, 3.8) is 0 Å². The Labute approximate surface area is 177 Å². The Bertz CT molecular complexity index is 1080. The second kappa shape index (κ2) is 8.44. The van der Waals surface area contributed by atoms with Gasteiger partial charge in [-0.15, -0.1) is 0 Å². The van der Waals surface area contributed by atoms with Gasteiger partial charge in [0.1, 0.15) is 18.0 Å². The summed E-state index contributed by atoms with van der Waals surface area (Å²) >= 11 is 0. The van der Waals surface area contributed by atoms with Crippen LogP contribution in [0.5, 0.6) is 5.75 Å². The number of carbonyl (C=O) groups excluding carboxylic acids is 1. The average molecular weight is 436 g/mol. The lowest BCUT2D eigenvalue weighted by Crippen LogP contribution is -2.41. The van der Waals surface area contributed by atoms with Gasteiger partial charge in [-0.3, -0.25) is 0 Å². The molecule has 0 bridgehead atoms. The number of benzene rings is 1. The van der Waals surface area contributed by atoms with Gasteiger partial charge >= 0.3 is 12.3 Å². The highest BCUT2D eigenvalue weighted by Crippen LogP contribution is 2.40. The highest BCUT2D eigenvalue weighted by molar-refractivity contribution is 5.77. The number of carbonyl (C=O) groups is 1. The minimum absolute atomic E-state index is 0.0977. The van der Waals surface area contributed by atoms with Gasteiger partial charge in [0.25, 0.3) is 0 Å². The van der Waals surface area contributed by atoms with Crippen molar-refractivity contribution in [3.8, 4) is 16.9 Å². The van der Waals surface area contributed by atoms with Crippen molar-refractivity contribution in [3.05, 3.63) is 48.4 Å². The van der Waals surface area contributed by atoms with E-state index in [-0.39, 0.29) is 18.3 Å². The standard InChI is InChI=1S/C21H23F3N4O3/c1-13(2)10-20(3,31-19(25)29)12-30-17-6-5-14(9-16(17)21(22,23)24)15-11-27-28-8-4-7-26-18(15)28/h4-9,11,13H,10,12H2,1-3H3,(H2,25,29)/t20-/m0/s1. The van der Waals surface area contributed by atoms with E-state index in [1.165, 1.54) is 29.0 Å². The average Bonchev–Trinajstić information content (AvgIpc) is 3.08. The van der Waals surface area contributed by atoms with E-state index in [4.69, 9.17) is 15.2 Å². The quantitative estimate of drug-likeness (QED) is 0.580. The summed E-state index contributed by atoms with van der Waals surface area (Å²) in [6, 6.07) is 5.41. The Hall–Kier alpha value is -3.30. The van der Waals surface area contributed by atoms with Crippen molar-refractivity contribution in [2.24, 2.45) is 11.7 Å². The van der Waals surface area contributed by atoms with Crippen LogP contribution in [-0.4, -0.2) is 32.9 Å². The van der Waals surface area contributed by atoms with E-state index in [0.717, 1.165) is 6.07 Å². The third kappa shape index (κ3) is 5.25. The van der Waals surface area contributed by atoms with Gasteiger partial charge in [-0.05, 0) is 43.0 Å². The number of amides is 1. The third-order valence-electron chi connectivity index (χ3n) is 4.60. The first-order valence-electron chi connectivity index (χ1n) is 9.60. The molecule has 2 heterocycles.